The third-order valence-electron chi connectivity index (χ3n) is 2.90. The van der Waals surface area contributed by atoms with Crippen molar-refractivity contribution in [1.29, 1.82) is 0 Å². The number of piperidine rings is 1. The Kier molecular flexibility index (Phi) is 2.17. The molecule has 1 aliphatic heterocycles. The van der Waals surface area contributed by atoms with E-state index in [1.54, 1.807) is 0 Å². The van der Waals surface area contributed by atoms with Gasteiger partial charge in [-0.3, -0.25) is 0 Å². The number of rotatable bonds is 3. The Morgan fingerprint density at radius 3 is 2.69 bits per heavy atom. The molecule has 0 aromatic heterocycles. The Labute approximate surface area is 78.5 Å². The summed E-state index contributed by atoms with van der Waals surface area (Å²) in [5, 5.41) is 4.31. The molecule has 2 N–H and O–H groups in total. The van der Waals surface area contributed by atoms with Crippen molar-refractivity contribution in [3.8, 4) is 0 Å². The first-order valence-electron chi connectivity index (χ1n) is 4.49. The van der Waals surface area contributed by atoms with E-state index in [4.69, 9.17) is 0 Å². The van der Waals surface area contributed by atoms with Gasteiger partial charge in [0, 0.05) is 17.5 Å². The molecule has 13 heavy (non-hydrogen) atoms. The molecule has 0 aromatic carbocycles. The Morgan fingerprint density at radius 2 is 2.23 bits per heavy atom. The van der Waals surface area contributed by atoms with Crippen molar-refractivity contribution in [2.24, 2.45) is 5.92 Å². The van der Waals surface area contributed by atoms with Gasteiger partial charge >= 0.3 is 0 Å². The van der Waals surface area contributed by atoms with E-state index in [2.05, 4.69) is 16.6 Å². The predicted octanol–water partition coefficient (Wildman–Crippen LogP) is -0.200. The first-order valence-corrected chi connectivity index (χ1v) is 6.03. The van der Waals surface area contributed by atoms with Gasteiger partial charge in [0.05, 0.1) is 0 Å². The van der Waals surface area contributed by atoms with E-state index in [-0.39, 0.29) is 6.04 Å². The zero-order chi connectivity index (χ0) is 9.47. The molecule has 2 rings (SSSR count). The maximum absolute atomic E-state index is 11.2. The normalized spacial score (nSPS) is 38.0. The molecular formula is C8H14N2O2S. The van der Waals surface area contributed by atoms with E-state index in [9.17, 15) is 8.42 Å². The highest BCUT2D eigenvalue weighted by Gasteiger charge is 2.40. The third-order valence-corrected chi connectivity index (χ3v) is 3.97. The van der Waals surface area contributed by atoms with E-state index < -0.39 is 10.0 Å². The summed E-state index contributed by atoms with van der Waals surface area (Å²) in [6.07, 6.45) is 2.02. The molecule has 0 radical (unpaired) electrons. The lowest BCUT2D eigenvalue weighted by Crippen LogP contribution is -2.43. The average molecular weight is 202 g/mol. The molecule has 1 saturated heterocycles. The minimum Gasteiger partial charge on any atom is -0.314 e. The molecule has 74 valence electrons. The van der Waals surface area contributed by atoms with E-state index in [1.165, 1.54) is 0 Å². The lowest BCUT2D eigenvalue weighted by atomic mass is 10.1. The summed E-state index contributed by atoms with van der Waals surface area (Å²) in [4.78, 5) is 0. The van der Waals surface area contributed by atoms with Crippen LogP contribution in [0.25, 0.3) is 0 Å². The Balaban J connectivity index is 2.01. The average Bonchev–Trinajstić information content (AvgIpc) is 2.64. The van der Waals surface area contributed by atoms with Gasteiger partial charge < -0.3 is 5.32 Å². The molecule has 0 aromatic rings. The highest BCUT2D eigenvalue weighted by atomic mass is 32.2. The lowest BCUT2D eigenvalue weighted by molar-refractivity contribution is 0.409. The quantitative estimate of drug-likeness (QED) is 0.666. The summed E-state index contributed by atoms with van der Waals surface area (Å²) in [6.45, 7) is 4.21. The van der Waals surface area contributed by atoms with Crippen LogP contribution in [0.5, 0.6) is 0 Å². The fraction of sp³-hybridized carbons (Fsp3) is 0.750. The van der Waals surface area contributed by atoms with Crippen molar-refractivity contribution >= 4 is 10.0 Å². The second kappa shape index (κ2) is 3.08. The van der Waals surface area contributed by atoms with Crippen molar-refractivity contribution in [3.05, 3.63) is 12.0 Å². The van der Waals surface area contributed by atoms with Gasteiger partial charge in [-0.15, -0.1) is 0 Å². The Hall–Kier alpha value is -0.390. The predicted molar refractivity (Wildman–Crippen MR) is 50.6 cm³/mol. The van der Waals surface area contributed by atoms with Gasteiger partial charge in [-0.05, 0) is 25.3 Å². The van der Waals surface area contributed by atoms with Gasteiger partial charge in [-0.25, -0.2) is 13.1 Å². The number of fused-ring (bicyclic) bond motifs is 2. The minimum absolute atomic E-state index is 0.120. The standard InChI is InChI=1S/C8H14N2O2S/c1-2-13(11,12)10-8-4-7-3-6(8)5-9-7/h2,6-10H,1,3-5H2. The minimum atomic E-state index is -3.24. The van der Waals surface area contributed by atoms with Gasteiger partial charge in [0.2, 0.25) is 10.0 Å². The molecule has 2 bridgehead atoms. The Morgan fingerprint density at radius 1 is 1.46 bits per heavy atom. The third kappa shape index (κ3) is 1.77. The first-order chi connectivity index (χ1) is 6.11. The van der Waals surface area contributed by atoms with Crippen LogP contribution < -0.4 is 10.0 Å². The van der Waals surface area contributed by atoms with Crippen LogP contribution in [0.15, 0.2) is 12.0 Å². The van der Waals surface area contributed by atoms with Crippen molar-refractivity contribution in [2.75, 3.05) is 6.54 Å². The molecule has 0 spiro atoms. The SMILES string of the molecule is C=CS(=O)(=O)NC1CC2CC1CN2. The van der Waals surface area contributed by atoms with Crippen molar-refractivity contribution in [2.45, 2.75) is 24.9 Å². The topological polar surface area (TPSA) is 58.2 Å². The van der Waals surface area contributed by atoms with Crippen LogP contribution in [0.2, 0.25) is 0 Å². The molecule has 1 heterocycles. The van der Waals surface area contributed by atoms with Crippen LogP contribution in [-0.2, 0) is 10.0 Å². The maximum atomic E-state index is 11.2. The fourth-order valence-corrected chi connectivity index (χ4v) is 3.05. The molecule has 2 aliphatic rings. The molecule has 1 aliphatic carbocycles. The molecule has 3 atom stereocenters. The van der Waals surface area contributed by atoms with Crippen LogP contribution >= 0.6 is 0 Å². The summed E-state index contributed by atoms with van der Waals surface area (Å²) in [7, 11) is -3.24. The number of hydrogen-bond acceptors (Lipinski definition) is 3. The summed E-state index contributed by atoms with van der Waals surface area (Å²) >= 11 is 0. The van der Waals surface area contributed by atoms with Gasteiger partial charge in [-0.1, -0.05) is 6.58 Å². The monoisotopic (exact) mass is 202 g/mol. The van der Waals surface area contributed by atoms with E-state index >= 15 is 0 Å². The van der Waals surface area contributed by atoms with Crippen molar-refractivity contribution in [3.63, 3.8) is 0 Å². The summed E-state index contributed by atoms with van der Waals surface area (Å²) in [6, 6.07) is 0.636. The molecule has 1 saturated carbocycles. The van der Waals surface area contributed by atoms with E-state index in [0.29, 0.717) is 12.0 Å². The molecule has 5 heteroatoms. The summed E-state index contributed by atoms with van der Waals surface area (Å²) in [5.74, 6) is 0.472. The van der Waals surface area contributed by atoms with Crippen LogP contribution in [0.4, 0.5) is 0 Å². The second-order valence-corrected chi connectivity index (χ2v) is 5.43. The molecule has 0 amide bonds. The van der Waals surface area contributed by atoms with Crippen LogP contribution in [0.1, 0.15) is 12.8 Å². The highest BCUT2D eigenvalue weighted by Crippen LogP contribution is 2.31. The Bertz CT molecular complexity index is 312. The number of hydrogen-bond donors (Lipinski definition) is 2. The van der Waals surface area contributed by atoms with Crippen molar-refractivity contribution < 1.29 is 8.42 Å². The summed E-state index contributed by atoms with van der Waals surface area (Å²) in [5.41, 5.74) is 0. The van der Waals surface area contributed by atoms with E-state index in [0.717, 1.165) is 24.8 Å². The second-order valence-electron chi connectivity index (χ2n) is 3.77. The molecule has 4 nitrogen and oxygen atoms in total. The zero-order valence-corrected chi connectivity index (χ0v) is 8.18. The molecule has 2 fully saturated rings. The van der Waals surface area contributed by atoms with E-state index in [1.807, 2.05) is 0 Å². The largest absolute Gasteiger partial charge is 0.314 e. The first kappa shape index (κ1) is 9.18. The molecular weight excluding hydrogens is 188 g/mol. The van der Waals surface area contributed by atoms with Crippen LogP contribution in [-0.4, -0.2) is 27.0 Å². The van der Waals surface area contributed by atoms with Gasteiger partial charge in [0.25, 0.3) is 0 Å². The van der Waals surface area contributed by atoms with Gasteiger partial charge in [-0.2, -0.15) is 0 Å². The number of nitrogens with one attached hydrogen (secondary N) is 2. The highest BCUT2D eigenvalue weighted by molar-refractivity contribution is 7.92. The maximum Gasteiger partial charge on any atom is 0.233 e. The van der Waals surface area contributed by atoms with Crippen LogP contribution in [0.3, 0.4) is 0 Å². The smallest absolute Gasteiger partial charge is 0.233 e. The van der Waals surface area contributed by atoms with Gasteiger partial charge in [0.1, 0.15) is 0 Å². The summed E-state index contributed by atoms with van der Waals surface area (Å²) < 4.78 is 25.0. The zero-order valence-electron chi connectivity index (χ0n) is 7.36. The fourth-order valence-electron chi connectivity index (χ4n) is 2.24. The van der Waals surface area contributed by atoms with Crippen LogP contribution in [0, 0.1) is 5.92 Å². The van der Waals surface area contributed by atoms with Gasteiger partial charge in [0.15, 0.2) is 0 Å². The van der Waals surface area contributed by atoms with Crippen molar-refractivity contribution in [1.82, 2.24) is 10.0 Å². The number of sulfonamides is 1. The molecule has 3 unspecified atom stereocenters. The lowest BCUT2D eigenvalue weighted by Gasteiger charge is -2.22.